The monoisotopic (exact) mass is 291 g/mol. The molecule has 0 saturated carbocycles. The van der Waals surface area contributed by atoms with Crippen LogP contribution in [0.4, 0.5) is 5.82 Å². The van der Waals surface area contributed by atoms with Crippen LogP contribution in [0.15, 0.2) is 0 Å². The Bertz CT molecular complexity index is 695. The zero-order valence-electron chi connectivity index (χ0n) is 11.8. The fraction of sp³-hybridized carbons (Fsp3) is 0.500. The standard InChI is InChI=1S/C14H17N3O2S/c1-7-8(2)20-13-11(7)12(15-9(3)16-13)17-6-4-5-10(17)14(18)19/h10H,4-6H2,1-3H3,(H,18,19)/t10-/m0/s1. The normalized spacial score (nSPS) is 18.9. The molecule has 6 heteroatoms. The molecule has 1 N–H and O–H groups in total. The SMILES string of the molecule is Cc1nc(N2CCC[C@H]2C(=O)O)c2c(C)c(C)sc2n1. The number of carbonyl (C=O) groups is 1. The molecule has 1 atom stereocenters. The number of aryl methyl sites for hydroxylation is 3. The van der Waals surface area contributed by atoms with E-state index in [9.17, 15) is 9.90 Å². The van der Waals surface area contributed by atoms with Crippen LogP contribution >= 0.6 is 11.3 Å². The number of fused-ring (bicyclic) bond motifs is 1. The van der Waals surface area contributed by atoms with Gasteiger partial charge in [0.05, 0.1) is 5.39 Å². The number of carboxylic acids is 1. The number of aliphatic carboxylic acids is 1. The lowest BCUT2D eigenvalue weighted by atomic mass is 10.2. The summed E-state index contributed by atoms with van der Waals surface area (Å²) in [5.74, 6) is 0.723. The molecule has 0 aromatic carbocycles. The maximum atomic E-state index is 11.4. The van der Waals surface area contributed by atoms with Gasteiger partial charge >= 0.3 is 5.97 Å². The van der Waals surface area contributed by atoms with Gasteiger partial charge in [-0.25, -0.2) is 14.8 Å². The van der Waals surface area contributed by atoms with Gasteiger partial charge in [-0.2, -0.15) is 0 Å². The first-order valence-electron chi connectivity index (χ1n) is 6.73. The smallest absolute Gasteiger partial charge is 0.326 e. The first-order valence-corrected chi connectivity index (χ1v) is 7.54. The summed E-state index contributed by atoms with van der Waals surface area (Å²) in [6.07, 6.45) is 1.58. The molecule has 0 spiro atoms. The van der Waals surface area contributed by atoms with Gasteiger partial charge in [0.25, 0.3) is 0 Å². The summed E-state index contributed by atoms with van der Waals surface area (Å²) in [6, 6.07) is -0.466. The van der Waals surface area contributed by atoms with Gasteiger partial charge in [0.1, 0.15) is 22.5 Å². The molecule has 1 saturated heterocycles. The van der Waals surface area contributed by atoms with Gasteiger partial charge in [-0.3, -0.25) is 0 Å². The molecule has 5 nitrogen and oxygen atoms in total. The molecule has 2 aromatic heterocycles. The Morgan fingerprint density at radius 2 is 2.10 bits per heavy atom. The van der Waals surface area contributed by atoms with Crippen LogP contribution in [0.3, 0.4) is 0 Å². The second-order valence-corrected chi connectivity index (χ2v) is 6.45. The highest BCUT2D eigenvalue weighted by molar-refractivity contribution is 7.18. The number of aromatic nitrogens is 2. The minimum absolute atomic E-state index is 0.466. The van der Waals surface area contributed by atoms with Crippen LogP contribution in [-0.4, -0.2) is 33.6 Å². The van der Waals surface area contributed by atoms with Crippen molar-refractivity contribution < 1.29 is 9.90 Å². The summed E-state index contributed by atoms with van der Waals surface area (Å²) >= 11 is 1.65. The molecule has 1 aliphatic rings. The molecular weight excluding hydrogens is 274 g/mol. The summed E-state index contributed by atoms with van der Waals surface area (Å²) in [5, 5.41) is 10.4. The van der Waals surface area contributed by atoms with Crippen molar-refractivity contribution in [1.29, 1.82) is 0 Å². The Balaban J connectivity index is 2.22. The van der Waals surface area contributed by atoms with Crippen molar-refractivity contribution in [3.05, 3.63) is 16.3 Å². The molecule has 0 amide bonds. The lowest BCUT2D eigenvalue weighted by molar-refractivity contribution is -0.138. The van der Waals surface area contributed by atoms with Gasteiger partial charge in [-0.1, -0.05) is 0 Å². The van der Waals surface area contributed by atoms with Crippen molar-refractivity contribution >= 4 is 33.3 Å². The third-order valence-corrected chi connectivity index (χ3v) is 5.03. The van der Waals surface area contributed by atoms with Crippen LogP contribution in [0.5, 0.6) is 0 Å². The third-order valence-electron chi connectivity index (χ3n) is 3.93. The van der Waals surface area contributed by atoms with E-state index in [1.165, 1.54) is 4.88 Å². The van der Waals surface area contributed by atoms with E-state index in [-0.39, 0.29) is 0 Å². The topological polar surface area (TPSA) is 66.3 Å². The van der Waals surface area contributed by atoms with Gasteiger partial charge in [0.15, 0.2) is 0 Å². The van der Waals surface area contributed by atoms with Crippen LogP contribution in [0, 0.1) is 20.8 Å². The molecular formula is C14H17N3O2S. The average molecular weight is 291 g/mol. The van der Waals surface area contributed by atoms with Crippen LogP contribution in [0.2, 0.25) is 0 Å². The summed E-state index contributed by atoms with van der Waals surface area (Å²) in [6.45, 7) is 6.73. The molecule has 0 unspecified atom stereocenters. The van der Waals surface area contributed by atoms with E-state index in [1.54, 1.807) is 11.3 Å². The van der Waals surface area contributed by atoms with Gasteiger partial charge in [-0.15, -0.1) is 11.3 Å². The first kappa shape index (κ1) is 13.3. The number of hydrogen-bond donors (Lipinski definition) is 1. The fourth-order valence-corrected chi connectivity index (χ4v) is 3.89. The van der Waals surface area contributed by atoms with E-state index in [1.807, 2.05) is 11.8 Å². The molecule has 1 aliphatic heterocycles. The Morgan fingerprint density at radius 3 is 2.80 bits per heavy atom. The highest BCUT2D eigenvalue weighted by Crippen LogP contribution is 2.37. The van der Waals surface area contributed by atoms with Gasteiger partial charge in [-0.05, 0) is 39.2 Å². The van der Waals surface area contributed by atoms with E-state index >= 15 is 0 Å². The molecule has 1 fully saturated rings. The Hall–Kier alpha value is -1.69. The van der Waals surface area contributed by atoms with Gasteiger partial charge in [0.2, 0.25) is 0 Å². The highest BCUT2D eigenvalue weighted by atomic mass is 32.1. The Kier molecular flexibility index (Phi) is 3.12. The van der Waals surface area contributed by atoms with Crippen LogP contribution in [0.25, 0.3) is 10.2 Å². The molecule has 3 heterocycles. The number of carboxylic acid groups (broad SMARTS) is 1. The summed E-state index contributed by atoms with van der Waals surface area (Å²) in [7, 11) is 0. The van der Waals surface area contributed by atoms with E-state index in [4.69, 9.17) is 0 Å². The van der Waals surface area contributed by atoms with E-state index < -0.39 is 12.0 Å². The number of hydrogen-bond acceptors (Lipinski definition) is 5. The van der Waals surface area contributed by atoms with Crippen LogP contribution in [0.1, 0.15) is 29.1 Å². The summed E-state index contributed by atoms with van der Waals surface area (Å²) in [5.41, 5.74) is 1.16. The van der Waals surface area contributed by atoms with Crippen molar-refractivity contribution in [2.24, 2.45) is 0 Å². The predicted molar refractivity (Wildman–Crippen MR) is 79.6 cm³/mol. The largest absolute Gasteiger partial charge is 0.480 e. The highest BCUT2D eigenvalue weighted by Gasteiger charge is 2.33. The molecule has 106 valence electrons. The molecule has 3 rings (SSSR count). The number of rotatable bonds is 2. The van der Waals surface area contributed by atoms with E-state index in [0.717, 1.165) is 34.6 Å². The summed E-state index contributed by atoms with van der Waals surface area (Å²) in [4.78, 5) is 24.6. The Labute approximate surface area is 121 Å². The first-order chi connectivity index (χ1) is 9.49. The van der Waals surface area contributed by atoms with Crippen molar-refractivity contribution in [2.45, 2.75) is 39.7 Å². The van der Waals surface area contributed by atoms with Crippen molar-refractivity contribution in [3.8, 4) is 0 Å². The molecule has 0 bridgehead atoms. The second-order valence-electron chi connectivity index (χ2n) is 5.25. The molecule has 2 aromatic rings. The second kappa shape index (κ2) is 4.70. The van der Waals surface area contributed by atoms with Crippen molar-refractivity contribution in [3.63, 3.8) is 0 Å². The minimum Gasteiger partial charge on any atom is -0.480 e. The fourth-order valence-electron chi connectivity index (χ4n) is 2.82. The predicted octanol–water partition coefficient (Wildman–Crippen LogP) is 2.67. The Morgan fingerprint density at radius 1 is 1.35 bits per heavy atom. The van der Waals surface area contributed by atoms with Crippen LogP contribution < -0.4 is 4.90 Å². The number of thiophene rings is 1. The molecule has 20 heavy (non-hydrogen) atoms. The summed E-state index contributed by atoms with van der Waals surface area (Å²) < 4.78 is 0. The van der Waals surface area contributed by atoms with Crippen molar-refractivity contribution in [2.75, 3.05) is 11.4 Å². The van der Waals surface area contributed by atoms with Gasteiger partial charge < -0.3 is 10.0 Å². The zero-order valence-corrected chi connectivity index (χ0v) is 12.6. The third kappa shape index (κ3) is 1.95. The number of nitrogens with zero attached hydrogens (tertiary/aromatic N) is 3. The lowest BCUT2D eigenvalue weighted by Crippen LogP contribution is -2.36. The molecule has 0 aliphatic carbocycles. The molecule has 0 radical (unpaired) electrons. The maximum Gasteiger partial charge on any atom is 0.326 e. The van der Waals surface area contributed by atoms with Gasteiger partial charge in [0, 0.05) is 11.4 Å². The zero-order chi connectivity index (χ0) is 14.4. The lowest BCUT2D eigenvalue weighted by Gasteiger charge is -2.23. The minimum atomic E-state index is -0.767. The van der Waals surface area contributed by atoms with Crippen molar-refractivity contribution in [1.82, 2.24) is 9.97 Å². The quantitative estimate of drug-likeness (QED) is 0.921. The average Bonchev–Trinajstić information content (AvgIpc) is 2.95. The van der Waals surface area contributed by atoms with E-state index in [0.29, 0.717) is 12.2 Å². The van der Waals surface area contributed by atoms with E-state index in [2.05, 4.69) is 23.8 Å². The van der Waals surface area contributed by atoms with Crippen LogP contribution in [-0.2, 0) is 4.79 Å². The number of anilines is 1. The maximum absolute atomic E-state index is 11.4.